The highest BCUT2D eigenvalue weighted by Gasteiger charge is 2.02. The van der Waals surface area contributed by atoms with Crippen LogP contribution in [0.5, 0.6) is 5.75 Å². The van der Waals surface area contributed by atoms with Gasteiger partial charge < -0.3 is 10.5 Å². The third kappa shape index (κ3) is 3.46. The lowest BCUT2D eigenvalue weighted by Crippen LogP contribution is -2.05. The molecule has 1 aromatic heterocycles. The second-order valence-electron chi connectivity index (χ2n) is 4.15. The standard InChI is InChI=1S/C13H16N2OS/c1-9(2)16-11-5-3-10(4-6-11)7-12-8-15-13(14)17-12/h3-6,8-9H,7H2,1-2H3,(H2,14,15). The van der Waals surface area contributed by atoms with E-state index < -0.39 is 0 Å². The van der Waals surface area contributed by atoms with E-state index >= 15 is 0 Å². The highest BCUT2D eigenvalue weighted by Crippen LogP contribution is 2.20. The summed E-state index contributed by atoms with van der Waals surface area (Å²) in [6.07, 6.45) is 2.91. The maximum atomic E-state index is 5.60. The highest BCUT2D eigenvalue weighted by molar-refractivity contribution is 7.15. The van der Waals surface area contributed by atoms with Gasteiger partial charge in [-0.1, -0.05) is 12.1 Å². The summed E-state index contributed by atoms with van der Waals surface area (Å²) in [6.45, 7) is 4.04. The molecule has 0 fully saturated rings. The van der Waals surface area contributed by atoms with E-state index in [1.54, 1.807) is 0 Å². The van der Waals surface area contributed by atoms with E-state index in [-0.39, 0.29) is 6.10 Å². The van der Waals surface area contributed by atoms with Crippen molar-refractivity contribution in [3.63, 3.8) is 0 Å². The van der Waals surface area contributed by atoms with E-state index in [1.807, 2.05) is 32.2 Å². The Morgan fingerprint density at radius 1 is 1.29 bits per heavy atom. The van der Waals surface area contributed by atoms with Gasteiger partial charge in [-0.3, -0.25) is 0 Å². The van der Waals surface area contributed by atoms with Crippen LogP contribution in [0.15, 0.2) is 30.5 Å². The number of nitrogens with two attached hydrogens (primary N) is 1. The van der Waals surface area contributed by atoms with E-state index in [0.717, 1.165) is 12.2 Å². The number of thiazole rings is 1. The highest BCUT2D eigenvalue weighted by atomic mass is 32.1. The Bertz CT molecular complexity index is 476. The maximum Gasteiger partial charge on any atom is 0.180 e. The lowest BCUT2D eigenvalue weighted by Gasteiger charge is -2.09. The van der Waals surface area contributed by atoms with Gasteiger partial charge in [0.1, 0.15) is 5.75 Å². The summed E-state index contributed by atoms with van der Waals surface area (Å²) in [4.78, 5) is 5.22. The summed E-state index contributed by atoms with van der Waals surface area (Å²) < 4.78 is 5.59. The molecule has 0 aliphatic heterocycles. The van der Waals surface area contributed by atoms with Crippen molar-refractivity contribution < 1.29 is 4.74 Å². The molecule has 4 heteroatoms. The molecule has 2 aromatic rings. The topological polar surface area (TPSA) is 48.1 Å². The minimum atomic E-state index is 0.210. The predicted octanol–water partition coefficient (Wildman–Crippen LogP) is 3.10. The summed E-state index contributed by atoms with van der Waals surface area (Å²) in [5.41, 5.74) is 6.84. The molecule has 2 rings (SSSR count). The van der Waals surface area contributed by atoms with Gasteiger partial charge in [-0.2, -0.15) is 0 Å². The van der Waals surface area contributed by atoms with Crippen LogP contribution in [0, 0.1) is 0 Å². The van der Waals surface area contributed by atoms with Crippen LogP contribution in [-0.2, 0) is 6.42 Å². The molecule has 1 aromatic carbocycles. The molecular weight excluding hydrogens is 232 g/mol. The molecule has 0 atom stereocenters. The molecule has 2 N–H and O–H groups in total. The second kappa shape index (κ2) is 5.19. The van der Waals surface area contributed by atoms with Gasteiger partial charge in [-0.05, 0) is 31.5 Å². The molecule has 0 aliphatic rings. The molecule has 90 valence electrons. The fourth-order valence-electron chi connectivity index (χ4n) is 1.56. The lowest BCUT2D eigenvalue weighted by molar-refractivity contribution is 0.242. The zero-order valence-corrected chi connectivity index (χ0v) is 10.8. The van der Waals surface area contributed by atoms with Crippen LogP contribution in [-0.4, -0.2) is 11.1 Å². The van der Waals surface area contributed by atoms with Crippen LogP contribution in [0.3, 0.4) is 0 Å². The van der Waals surface area contributed by atoms with Crippen molar-refractivity contribution in [1.29, 1.82) is 0 Å². The van der Waals surface area contributed by atoms with Crippen LogP contribution in [0.1, 0.15) is 24.3 Å². The van der Waals surface area contributed by atoms with Gasteiger partial charge in [0.15, 0.2) is 5.13 Å². The normalized spacial score (nSPS) is 10.8. The molecule has 17 heavy (non-hydrogen) atoms. The van der Waals surface area contributed by atoms with E-state index in [1.165, 1.54) is 21.8 Å². The molecule has 0 spiro atoms. The molecular formula is C13H16N2OS. The number of anilines is 1. The monoisotopic (exact) mass is 248 g/mol. The number of rotatable bonds is 4. The maximum absolute atomic E-state index is 5.60. The Hall–Kier alpha value is -1.55. The molecule has 0 aliphatic carbocycles. The zero-order chi connectivity index (χ0) is 12.3. The average Bonchev–Trinajstić information content (AvgIpc) is 2.66. The Morgan fingerprint density at radius 3 is 2.53 bits per heavy atom. The Kier molecular flexibility index (Phi) is 3.64. The lowest BCUT2D eigenvalue weighted by atomic mass is 10.1. The van der Waals surface area contributed by atoms with Gasteiger partial charge in [0.25, 0.3) is 0 Å². The van der Waals surface area contributed by atoms with Crippen molar-refractivity contribution in [1.82, 2.24) is 4.98 Å². The number of nitrogens with zero attached hydrogens (tertiary/aromatic N) is 1. The van der Waals surface area contributed by atoms with Gasteiger partial charge in [0.05, 0.1) is 6.10 Å². The minimum absolute atomic E-state index is 0.210. The molecule has 0 saturated carbocycles. The quantitative estimate of drug-likeness (QED) is 0.904. The number of hydrogen-bond donors (Lipinski definition) is 1. The Morgan fingerprint density at radius 2 is 2.00 bits per heavy atom. The van der Waals surface area contributed by atoms with Crippen molar-refractivity contribution in [2.75, 3.05) is 5.73 Å². The molecule has 0 saturated heterocycles. The summed E-state index contributed by atoms with van der Waals surface area (Å²) in [6, 6.07) is 8.15. The number of benzene rings is 1. The third-order valence-electron chi connectivity index (χ3n) is 2.24. The van der Waals surface area contributed by atoms with Crippen LogP contribution >= 0.6 is 11.3 Å². The number of aromatic nitrogens is 1. The molecule has 0 unspecified atom stereocenters. The summed E-state index contributed by atoms with van der Waals surface area (Å²) in [7, 11) is 0. The summed E-state index contributed by atoms with van der Waals surface area (Å²) in [5.74, 6) is 0.910. The molecule has 1 heterocycles. The van der Waals surface area contributed by atoms with Crippen LogP contribution in [0.2, 0.25) is 0 Å². The van der Waals surface area contributed by atoms with Gasteiger partial charge in [0, 0.05) is 17.5 Å². The van der Waals surface area contributed by atoms with Gasteiger partial charge in [-0.25, -0.2) is 4.98 Å². The molecule has 0 bridgehead atoms. The molecule has 0 amide bonds. The first-order valence-electron chi connectivity index (χ1n) is 5.59. The minimum Gasteiger partial charge on any atom is -0.491 e. The van der Waals surface area contributed by atoms with Crippen molar-refractivity contribution in [2.45, 2.75) is 26.4 Å². The van der Waals surface area contributed by atoms with Crippen molar-refractivity contribution in [3.05, 3.63) is 40.9 Å². The van der Waals surface area contributed by atoms with E-state index in [9.17, 15) is 0 Å². The zero-order valence-electron chi connectivity index (χ0n) is 10.0. The number of ether oxygens (including phenoxy) is 1. The van der Waals surface area contributed by atoms with Crippen LogP contribution in [0.25, 0.3) is 0 Å². The average molecular weight is 248 g/mol. The van der Waals surface area contributed by atoms with E-state index in [2.05, 4.69) is 17.1 Å². The smallest absolute Gasteiger partial charge is 0.180 e. The largest absolute Gasteiger partial charge is 0.491 e. The van der Waals surface area contributed by atoms with Crippen LogP contribution < -0.4 is 10.5 Å². The first kappa shape index (κ1) is 11.9. The fourth-order valence-corrected chi connectivity index (χ4v) is 2.28. The van der Waals surface area contributed by atoms with Crippen LogP contribution in [0.4, 0.5) is 5.13 Å². The SMILES string of the molecule is CC(C)Oc1ccc(Cc2cnc(N)s2)cc1. The summed E-state index contributed by atoms with van der Waals surface area (Å²) >= 11 is 1.53. The fraction of sp³-hybridized carbons (Fsp3) is 0.308. The second-order valence-corrected chi connectivity index (χ2v) is 5.30. The van der Waals surface area contributed by atoms with Crippen molar-refractivity contribution >= 4 is 16.5 Å². The Labute approximate surface area is 105 Å². The molecule has 3 nitrogen and oxygen atoms in total. The Balaban J connectivity index is 2.03. The van der Waals surface area contributed by atoms with Gasteiger partial charge >= 0.3 is 0 Å². The first-order valence-corrected chi connectivity index (χ1v) is 6.41. The number of nitrogen functional groups attached to an aromatic ring is 1. The predicted molar refractivity (Wildman–Crippen MR) is 71.5 cm³/mol. The van der Waals surface area contributed by atoms with E-state index in [4.69, 9.17) is 10.5 Å². The van der Waals surface area contributed by atoms with Crippen molar-refractivity contribution in [2.24, 2.45) is 0 Å². The summed E-state index contributed by atoms with van der Waals surface area (Å²) in [5, 5.41) is 0.625. The van der Waals surface area contributed by atoms with Gasteiger partial charge in [-0.15, -0.1) is 11.3 Å². The first-order chi connectivity index (χ1) is 8.13. The third-order valence-corrected chi connectivity index (χ3v) is 3.07. The molecule has 0 radical (unpaired) electrons. The van der Waals surface area contributed by atoms with Crippen molar-refractivity contribution in [3.8, 4) is 5.75 Å². The number of hydrogen-bond acceptors (Lipinski definition) is 4. The van der Waals surface area contributed by atoms with Gasteiger partial charge in [0.2, 0.25) is 0 Å². The van der Waals surface area contributed by atoms with E-state index in [0.29, 0.717) is 5.13 Å².